The largest absolute Gasteiger partial charge is 0.502 e. The maximum atomic E-state index is 10.5. The molecule has 0 aliphatic rings. The predicted molar refractivity (Wildman–Crippen MR) is 104 cm³/mol. The van der Waals surface area contributed by atoms with Crippen LogP contribution in [0.25, 0.3) is 0 Å². The second-order valence-electron chi connectivity index (χ2n) is 4.58. The van der Waals surface area contributed by atoms with Crippen molar-refractivity contribution in [3.63, 3.8) is 0 Å². The van der Waals surface area contributed by atoms with Crippen molar-refractivity contribution in [2.24, 2.45) is 0 Å². The summed E-state index contributed by atoms with van der Waals surface area (Å²) in [6, 6.07) is 9.42. The summed E-state index contributed by atoms with van der Waals surface area (Å²) in [6.07, 6.45) is 0. The highest BCUT2D eigenvalue weighted by atomic mass is 127. The molecule has 0 fully saturated rings. The summed E-state index contributed by atoms with van der Waals surface area (Å²) in [6.45, 7) is 3.26. The van der Waals surface area contributed by atoms with Gasteiger partial charge in [0.2, 0.25) is 0 Å². The fourth-order valence-electron chi connectivity index (χ4n) is 1.91. The number of aromatic hydroxyl groups is 1. The number of nitrogens with zero attached hydrogens (tertiary/aromatic N) is 2. The molecule has 2 rings (SSSR count). The molecular weight excluding hydrogens is 443 g/mol. The number of aryl methyl sites for hydroxylation is 2. The summed E-state index contributed by atoms with van der Waals surface area (Å²) in [5, 5.41) is 29.8. The number of rotatable bonds is 3. The van der Waals surface area contributed by atoms with E-state index >= 15 is 0 Å². The van der Waals surface area contributed by atoms with Crippen LogP contribution in [0.1, 0.15) is 11.1 Å². The maximum Gasteiger partial charge on any atom is 0.313 e. The molecule has 0 radical (unpaired) electrons. The topological polar surface area (TPSA) is 116 Å². The van der Waals surface area contributed by atoms with Crippen molar-refractivity contribution >= 4 is 34.0 Å². The molecule has 0 atom stereocenters. The van der Waals surface area contributed by atoms with Gasteiger partial charge in [-0.25, -0.2) is 0 Å². The number of nitro groups is 2. The summed E-state index contributed by atoms with van der Waals surface area (Å²) in [7, 11) is 1.42. The van der Waals surface area contributed by atoms with Crippen LogP contribution in [-0.2, 0) is 0 Å². The fraction of sp³-hybridized carbons (Fsp3) is 0.250. The van der Waals surface area contributed by atoms with Crippen molar-refractivity contribution in [3.05, 3.63) is 67.8 Å². The number of phenolic OH excluding ortho intramolecular Hbond substituents is 1. The van der Waals surface area contributed by atoms with E-state index in [1.807, 2.05) is 4.93 Å². The molecule has 0 spiro atoms. The molecule has 0 saturated carbocycles. The van der Waals surface area contributed by atoms with Gasteiger partial charge in [-0.3, -0.25) is 20.2 Å². The molecule has 0 unspecified atom stereocenters. The molecule has 9 heteroatoms. The van der Waals surface area contributed by atoms with E-state index in [1.165, 1.54) is 13.2 Å². The normalized spacial score (nSPS) is 9.00. The van der Waals surface area contributed by atoms with E-state index in [4.69, 9.17) is 9.84 Å². The van der Waals surface area contributed by atoms with E-state index in [2.05, 4.69) is 22.6 Å². The molecule has 0 amide bonds. The van der Waals surface area contributed by atoms with Crippen molar-refractivity contribution in [3.8, 4) is 11.5 Å². The Morgan fingerprint density at radius 1 is 0.920 bits per heavy atom. The number of alkyl halides is 1. The number of phenols is 1. The minimum absolute atomic E-state index is 0.0417. The zero-order valence-corrected chi connectivity index (χ0v) is 16.4. The third-order valence-corrected chi connectivity index (χ3v) is 3.00. The highest BCUT2D eigenvalue weighted by Crippen LogP contribution is 2.29. The average Bonchev–Trinajstić information content (AvgIpc) is 2.56. The highest BCUT2D eigenvalue weighted by Gasteiger charge is 2.16. The number of para-hydroxylation sites is 2. The summed E-state index contributed by atoms with van der Waals surface area (Å²) in [5.41, 5.74) is 0.904. The standard InChI is InChI=1S/C8H9NO3.C7H7NO3.CH3I/c1-6-4-3-5-7(12-2)8(6)9(10)11;1-5-3-2-4-6(9)7(5)8(10)11;1-2/h3-5H,1-2H3;2-4,9H,1H3;1H3. The van der Waals surface area contributed by atoms with Gasteiger partial charge in [0.25, 0.3) is 0 Å². The van der Waals surface area contributed by atoms with Gasteiger partial charge in [-0.05, 0) is 30.9 Å². The Labute approximate surface area is 158 Å². The van der Waals surface area contributed by atoms with E-state index in [1.54, 1.807) is 44.2 Å². The molecular formula is C16H19IN2O6. The Bertz CT molecular complexity index is 716. The molecule has 2 aromatic rings. The van der Waals surface area contributed by atoms with Gasteiger partial charge in [-0.15, -0.1) is 0 Å². The van der Waals surface area contributed by atoms with E-state index in [9.17, 15) is 20.2 Å². The number of methoxy groups -OCH3 is 1. The van der Waals surface area contributed by atoms with Crippen molar-refractivity contribution in [2.45, 2.75) is 13.8 Å². The molecule has 1 N–H and O–H groups in total. The van der Waals surface area contributed by atoms with Crippen molar-refractivity contribution in [2.75, 3.05) is 12.0 Å². The Morgan fingerprint density at radius 3 is 1.68 bits per heavy atom. The fourth-order valence-corrected chi connectivity index (χ4v) is 1.91. The molecule has 8 nitrogen and oxygen atoms in total. The SMILES string of the molecule is CI.COc1cccc(C)c1[N+](=O)[O-].Cc1cccc(O)c1[N+](=O)[O-]. The number of nitro benzene ring substituents is 2. The van der Waals surface area contributed by atoms with Gasteiger partial charge in [-0.1, -0.05) is 46.9 Å². The van der Waals surface area contributed by atoms with Gasteiger partial charge < -0.3 is 9.84 Å². The third kappa shape index (κ3) is 6.53. The van der Waals surface area contributed by atoms with Crippen molar-refractivity contribution in [1.82, 2.24) is 0 Å². The monoisotopic (exact) mass is 462 g/mol. The molecule has 0 saturated heterocycles. The number of benzene rings is 2. The van der Waals surface area contributed by atoms with Crippen molar-refractivity contribution in [1.29, 1.82) is 0 Å². The van der Waals surface area contributed by atoms with Gasteiger partial charge in [0.1, 0.15) is 0 Å². The van der Waals surface area contributed by atoms with E-state index < -0.39 is 9.85 Å². The summed E-state index contributed by atoms with van der Waals surface area (Å²) in [5.74, 6) is 0.0231. The second kappa shape index (κ2) is 11.2. The summed E-state index contributed by atoms with van der Waals surface area (Å²) in [4.78, 5) is 21.8. The van der Waals surface area contributed by atoms with Gasteiger partial charge >= 0.3 is 11.4 Å². The van der Waals surface area contributed by atoms with Crippen LogP contribution >= 0.6 is 22.6 Å². The zero-order valence-electron chi connectivity index (χ0n) is 14.2. The lowest BCUT2D eigenvalue weighted by molar-refractivity contribution is -0.386. The minimum Gasteiger partial charge on any atom is -0.502 e. The number of hydrogen-bond acceptors (Lipinski definition) is 6. The van der Waals surface area contributed by atoms with Gasteiger partial charge in [0, 0.05) is 11.1 Å². The average molecular weight is 462 g/mol. The van der Waals surface area contributed by atoms with Crippen molar-refractivity contribution < 1.29 is 19.7 Å². The summed E-state index contributed by atoms with van der Waals surface area (Å²) >= 11 is 2.15. The van der Waals surface area contributed by atoms with Crippen LogP contribution in [0.5, 0.6) is 11.5 Å². The van der Waals surface area contributed by atoms with Crippen LogP contribution in [0.3, 0.4) is 0 Å². The minimum atomic E-state index is -0.593. The lowest BCUT2D eigenvalue weighted by Gasteiger charge is -2.02. The molecule has 0 aliphatic carbocycles. The first-order valence-electron chi connectivity index (χ1n) is 6.88. The Morgan fingerprint density at radius 2 is 1.36 bits per heavy atom. The third-order valence-electron chi connectivity index (χ3n) is 3.00. The molecule has 0 heterocycles. The van der Waals surface area contributed by atoms with Gasteiger partial charge in [0.15, 0.2) is 11.5 Å². The highest BCUT2D eigenvalue weighted by molar-refractivity contribution is 14.1. The van der Waals surface area contributed by atoms with Crippen LogP contribution in [0.4, 0.5) is 11.4 Å². The van der Waals surface area contributed by atoms with E-state index in [0.29, 0.717) is 16.9 Å². The first-order chi connectivity index (χ1) is 11.8. The number of halogens is 1. The van der Waals surface area contributed by atoms with Crippen LogP contribution in [0, 0.1) is 34.1 Å². The maximum absolute atomic E-state index is 10.5. The molecule has 0 aliphatic heterocycles. The first kappa shape index (κ1) is 22.6. The molecule has 25 heavy (non-hydrogen) atoms. The molecule has 0 bridgehead atoms. The molecule has 136 valence electrons. The predicted octanol–water partition coefficient (Wildman–Crippen LogP) is 4.57. The van der Waals surface area contributed by atoms with Crippen LogP contribution in [0.2, 0.25) is 0 Å². The zero-order chi connectivity index (χ0) is 19.6. The number of hydrogen-bond donors (Lipinski definition) is 1. The quantitative estimate of drug-likeness (QED) is 0.309. The smallest absolute Gasteiger partial charge is 0.313 e. The molecule has 0 aromatic heterocycles. The van der Waals surface area contributed by atoms with Gasteiger partial charge in [0.05, 0.1) is 17.0 Å². The lowest BCUT2D eigenvalue weighted by Crippen LogP contribution is -1.95. The Kier molecular flexibility index (Phi) is 10.1. The summed E-state index contributed by atoms with van der Waals surface area (Å²) < 4.78 is 4.85. The van der Waals surface area contributed by atoms with Crippen LogP contribution < -0.4 is 4.74 Å². The Balaban J connectivity index is 0.000000421. The number of ether oxygens (including phenoxy) is 1. The van der Waals surface area contributed by atoms with Gasteiger partial charge in [-0.2, -0.15) is 0 Å². The Hall–Kier alpha value is -2.43. The van der Waals surface area contributed by atoms with Crippen LogP contribution in [0.15, 0.2) is 36.4 Å². The first-order valence-corrected chi connectivity index (χ1v) is 9.04. The second-order valence-corrected chi connectivity index (χ2v) is 4.58. The van der Waals surface area contributed by atoms with E-state index in [0.717, 1.165) is 0 Å². The van der Waals surface area contributed by atoms with E-state index in [-0.39, 0.29) is 17.1 Å². The van der Waals surface area contributed by atoms with Crippen LogP contribution in [-0.4, -0.2) is 27.0 Å². The molecule has 2 aromatic carbocycles. The lowest BCUT2D eigenvalue weighted by atomic mass is 10.2.